The van der Waals surface area contributed by atoms with E-state index in [1.807, 2.05) is 24.3 Å². The third-order valence-electron chi connectivity index (χ3n) is 5.27. The number of hydrogen-bond acceptors (Lipinski definition) is 6. The number of aromatic nitrogens is 3. The van der Waals surface area contributed by atoms with Gasteiger partial charge in [-0.3, -0.25) is 19.5 Å². The van der Waals surface area contributed by atoms with E-state index in [1.54, 1.807) is 23.2 Å². The first kappa shape index (κ1) is 19.2. The van der Waals surface area contributed by atoms with Crippen LogP contribution in [0.2, 0.25) is 0 Å². The number of carbonyl (C=O) groups is 1. The lowest BCUT2D eigenvalue weighted by atomic mass is 10.0. The molecule has 1 aliphatic heterocycles. The monoisotopic (exact) mass is 393 g/mol. The Balaban J connectivity index is 1.52. The summed E-state index contributed by atoms with van der Waals surface area (Å²) in [6.07, 6.45) is 2.13. The van der Waals surface area contributed by atoms with Gasteiger partial charge in [0.15, 0.2) is 0 Å². The number of fused-ring (bicyclic) bond motifs is 1. The van der Waals surface area contributed by atoms with Crippen molar-refractivity contribution < 1.29 is 9.90 Å². The number of aliphatic hydroxyl groups excluding tert-OH is 1. The molecule has 150 valence electrons. The van der Waals surface area contributed by atoms with E-state index >= 15 is 0 Å². The fourth-order valence-corrected chi connectivity index (χ4v) is 3.68. The van der Waals surface area contributed by atoms with Gasteiger partial charge in [-0.1, -0.05) is 18.2 Å². The zero-order chi connectivity index (χ0) is 20.2. The molecule has 3 aromatic rings. The quantitative estimate of drug-likeness (QED) is 0.660. The Kier molecular flexibility index (Phi) is 5.64. The van der Waals surface area contributed by atoms with Crippen molar-refractivity contribution in [2.75, 3.05) is 39.3 Å². The van der Waals surface area contributed by atoms with Gasteiger partial charge in [-0.25, -0.2) is 5.10 Å². The molecule has 2 N–H and O–H groups in total. The summed E-state index contributed by atoms with van der Waals surface area (Å²) in [5.74, 6) is -0.0882. The average Bonchev–Trinajstić information content (AvgIpc) is 2.76. The van der Waals surface area contributed by atoms with Crippen LogP contribution < -0.4 is 5.56 Å². The van der Waals surface area contributed by atoms with Gasteiger partial charge in [0, 0.05) is 50.7 Å². The first-order valence-corrected chi connectivity index (χ1v) is 9.69. The number of carbonyl (C=O) groups excluding carboxylic acids is 1. The third kappa shape index (κ3) is 4.18. The van der Waals surface area contributed by atoms with Crippen molar-refractivity contribution >= 4 is 16.7 Å². The first-order valence-electron chi connectivity index (χ1n) is 9.69. The molecule has 2 aromatic heterocycles. The van der Waals surface area contributed by atoms with Crippen LogP contribution >= 0.6 is 0 Å². The molecule has 4 rings (SSSR count). The Morgan fingerprint density at radius 2 is 1.86 bits per heavy atom. The summed E-state index contributed by atoms with van der Waals surface area (Å²) < 4.78 is 0. The smallest absolute Gasteiger partial charge is 0.272 e. The van der Waals surface area contributed by atoms with Gasteiger partial charge in [0.1, 0.15) is 5.69 Å². The number of hydrogen-bond donors (Lipinski definition) is 2. The maximum atomic E-state index is 12.9. The standard InChI is InChI=1S/C21H23N5O3/c27-12-11-25-7-9-26(10-8-25)21(29)19-14-15(5-6-22-19)13-18-16-3-1-2-4-17(16)20(28)24-23-18/h1-6,14,27H,7-13H2,(H,24,28). The number of piperazine rings is 1. The molecule has 0 radical (unpaired) electrons. The molecule has 3 heterocycles. The lowest BCUT2D eigenvalue weighted by Crippen LogP contribution is -2.49. The van der Waals surface area contributed by atoms with Crippen molar-refractivity contribution in [2.45, 2.75) is 6.42 Å². The van der Waals surface area contributed by atoms with E-state index in [1.165, 1.54) is 0 Å². The maximum Gasteiger partial charge on any atom is 0.272 e. The number of rotatable bonds is 5. The molecule has 0 saturated carbocycles. The molecule has 1 saturated heterocycles. The molecule has 1 amide bonds. The fourth-order valence-electron chi connectivity index (χ4n) is 3.68. The van der Waals surface area contributed by atoms with Crippen molar-refractivity contribution in [2.24, 2.45) is 0 Å². The number of aliphatic hydroxyl groups is 1. The highest BCUT2D eigenvalue weighted by molar-refractivity contribution is 5.92. The zero-order valence-corrected chi connectivity index (χ0v) is 16.0. The molecule has 8 nitrogen and oxygen atoms in total. The molecule has 1 aliphatic rings. The van der Waals surface area contributed by atoms with Crippen LogP contribution in [0.5, 0.6) is 0 Å². The minimum absolute atomic E-state index is 0.0882. The van der Waals surface area contributed by atoms with Gasteiger partial charge in [-0.15, -0.1) is 0 Å². The van der Waals surface area contributed by atoms with Crippen LogP contribution in [0.25, 0.3) is 10.8 Å². The molecule has 1 aromatic carbocycles. The molecule has 8 heteroatoms. The highest BCUT2D eigenvalue weighted by atomic mass is 16.3. The summed E-state index contributed by atoms with van der Waals surface area (Å²) in [6.45, 7) is 3.51. The summed E-state index contributed by atoms with van der Waals surface area (Å²) in [7, 11) is 0. The van der Waals surface area contributed by atoms with Crippen LogP contribution in [-0.2, 0) is 6.42 Å². The number of aromatic amines is 1. The summed E-state index contributed by atoms with van der Waals surface area (Å²) >= 11 is 0. The van der Waals surface area contributed by atoms with Crippen molar-refractivity contribution in [1.82, 2.24) is 25.0 Å². The predicted molar refractivity (Wildman–Crippen MR) is 109 cm³/mol. The Hall–Kier alpha value is -3.10. The number of nitrogens with one attached hydrogen (secondary N) is 1. The second kappa shape index (κ2) is 8.50. The molecule has 0 aliphatic carbocycles. The number of nitrogens with zero attached hydrogens (tertiary/aromatic N) is 4. The van der Waals surface area contributed by atoms with Crippen molar-refractivity contribution in [1.29, 1.82) is 0 Å². The molecular weight excluding hydrogens is 370 g/mol. The van der Waals surface area contributed by atoms with Gasteiger partial charge in [-0.05, 0) is 23.8 Å². The highest BCUT2D eigenvalue weighted by Gasteiger charge is 2.23. The largest absolute Gasteiger partial charge is 0.395 e. The second-order valence-corrected chi connectivity index (χ2v) is 7.13. The number of pyridine rings is 1. The lowest BCUT2D eigenvalue weighted by Gasteiger charge is -2.34. The molecule has 29 heavy (non-hydrogen) atoms. The summed E-state index contributed by atoms with van der Waals surface area (Å²) in [4.78, 5) is 33.0. The molecule has 0 spiro atoms. The second-order valence-electron chi connectivity index (χ2n) is 7.13. The minimum atomic E-state index is -0.213. The van der Waals surface area contributed by atoms with E-state index in [-0.39, 0.29) is 18.1 Å². The average molecular weight is 393 g/mol. The van der Waals surface area contributed by atoms with Gasteiger partial charge in [0.2, 0.25) is 0 Å². The summed E-state index contributed by atoms with van der Waals surface area (Å²) in [5.41, 5.74) is 1.86. The topological polar surface area (TPSA) is 102 Å². The number of H-pyrrole nitrogens is 1. The van der Waals surface area contributed by atoms with Crippen LogP contribution in [0.4, 0.5) is 0 Å². The van der Waals surface area contributed by atoms with Crippen LogP contribution in [0.1, 0.15) is 21.7 Å². The van der Waals surface area contributed by atoms with E-state index in [9.17, 15) is 9.59 Å². The van der Waals surface area contributed by atoms with E-state index in [4.69, 9.17) is 5.11 Å². The fraction of sp³-hybridized carbons (Fsp3) is 0.333. The maximum absolute atomic E-state index is 12.9. The van der Waals surface area contributed by atoms with Crippen LogP contribution in [0.3, 0.4) is 0 Å². The minimum Gasteiger partial charge on any atom is -0.395 e. The van der Waals surface area contributed by atoms with Crippen molar-refractivity contribution in [3.63, 3.8) is 0 Å². The molecule has 0 unspecified atom stereocenters. The predicted octanol–water partition coefficient (Wildman–Crippen LogP) is 0.659. The van der Waals surface area contributed by atoms with E-state index < -0.39 is 0 Å². The Labute approximate surface area is 167 Å². The Morgan fingerprint density at radius 3 is 2.62 bits per heavy atom. The third-order valence-corrected chi connectivity index (χ3v) is 5.27. The molecule has 0 atom stereocenters. The molecule has 0 bridgehead atoms. The van der Waals surface area contributed by atoms with E-state index in [2.05, 4.69) is 20.1 Å². The Bertz CT molecular complexity index is 1070. The normalized spacial score (nSPS) is 15.0. The van der Waals surface area contributed by atoms with E-state index in [0.29, 0.717) is 37.1 Å². The SMILES string of the molecule is O=C(c1cc(Cc2n[nH]c(=O)c3ccccc23)ccn1)N1CCN(CCO)CC1. The van der Waals surface area contributed by atoms with Gasteiger partial charge in [0.25, 0.3) is 11.5 Å². The van der Waals surface area contributed by atoms with E-state index in [0.717, 1.165) is 29.7 Å². The number of β-amino-alcohol motifs (C(OH)–C–C–N with tert-alkyl or cyclic N) is 1. The molecular formula is C21H23N5O3. The van der Waals surface area contributed by atoms with Gasteiger partial charge >= 0.3 is 0 Å². The van der Waals surface area contributed by atoms with Crippen LogP contribution in [-0.4, -0.2) is 75.3 Å². The lowest BCUT2D eigenvalue weighted by molar-refractivity contribution is 0.0609. The van der Waals surface area contributed by atoms with Gasteiger partial charge < -0.3 is 10.0 Å². The van der Waals surface area contributed by atoms with Crippen molar-refractivity contribution in [3.8, 4) is 0 Å². The number of amides is 1. The van der Waals surface area contributed by atoms with Gasteiger partial charge in [0.05, 0.1) is 17.7 Å². The van der Waals surface area contributed by atoms with Crippen LogP contribution in [0, 0.1) is 0 Å². The highest BCUT2D eigenvalue weighted by Crippen LogP contribution is 2.17. The zero-order valence-electron chi connectivity index (χ0n) is 16.0. The first-order chi connectivity index (χ1) is 14.2. The summed E-state index contributed by atoms with van der Waals surface area (Å²) in [5, 5.41) is 17.2. The molecule has 1 fully saturated rings. The van der Waals surface area contributed by atoms with Crippen molar-refractivity contribution in [3.05, 3.63) is 69.9 Å². The Morgan fingerprint density at radius 1 is 1.10 bits per heavy atom. The van der Waals surface area contributed by atoms with Gasteiger partial charge in [-0.2, -0.15) is 5.10 Å². The number of benzene rings is 1. The summed E-state index contributed by atoms with van der Waals surface area (Å²) in [6, 6.07) is 11.0. The van der Waals surface area contributed by atoms with Crippen LogP contribution in [0.15, 0.2) is 47.4 Å².